The highest BCUT2D eigenvalue weighted by Crippen LogP contribution is 2.56. The Bertz CT molecular complexity index is 194. The van der Waals surface area contributed by atoms with Crippen LogP contribution in [0.5, 0.6) is 0 Å². The average molecular weight is 196 g/mol. The second kappa shape index (κ2) is 3.87. The molecule has 0 radical (unpaired) electrons. The zero-order chi connectivity index (χ0) is 11.1. The quantitative estimate of drug-likeness (QED) is 0.605. The highest BCUT2D eigenvalue weighted by Gasteiger charge is 2.49. The van der Waals surface area contributed by atoms with Gasteiger partial charge in [-0.2, -0.15) is 0 Å². The van der Waals surface area contributed by atoms with Crippen molar-refractivity contribution in [2.45, 2.75) is 54.9 Å². The minimum absolute atomic E-state index is 0.563. The highest BCUT2D eigenvalue weighted by atomic mass is 14.5. The fourth-order valence-corrected chi connectivity index (χ4v) is 3.66. The SMILES string of the molecule is CC(C)C(C)C1(C)C(C)CC(C)C1C. The fourth-order valence-electron chi connectivity index (χ4n) is 3.66. The molecule has 0 saturated heterocycles. The molecule has 0 aromatic heterocycles. The molecule has 0 N–H and O–H groups in total. The Morgan fingerprint density at radius 3 is 1.86 bits per heavy atom. The maximum Gasteiger partial charge on any atom is -0.0244 e. The van der Waals surface area contributed by atoms with Gasteiger partial charge in [0.05, 0.1) is 0 Å². The highest BCUT2D eigenvalue weighted by molar-refractivity contribution is 4.97. The van der Waals surface area contributed by atoms with Crippen LogP contribution in [0.4, 0.5) is 0 Å². The predicted molar refractivity (Wildman–Crippen MR) is 64.2 cm³/mol. The molecule has 1 rings (SSSR count). The van der Waals surface area contributed by atoms with Gasteiger partial charge in [-0.1, -0.05) is 48.5 Å². The van der Waals surface area contributed by atoms with Gasteiger partial charge in [-0.25, -0.2) is 0 Å². The first-order valence-electron chi connectivity index (χ1n) is 6.31. The molecule has 1 saturated carbocycles. The van der Waals surface area contributed by atoms with E-state index in [2.05, 4.69) is 48.5 Å². The van der Waals surface area contributed by atoms with Crippen molar-refractivity contribution < 1.29 is 0 Å². The first-order chi connectivity index (χ1) is 6.31. The molecule has 1 aliphatic carbocycles. The maximum absolute atomic E-state index is 2.52. The van der Waals surface area contributed by atoms with Gasteiger partial charge in [0.2, 0.25) is 0 Å². The Hall–Kier alpha value is 0. The van der Waals surface area contributed by atoms with Gasteiger partial charge in [0, 0.05) is 0 Å². The summed E-state index contributed by atoms with van der Waals surface area (Å²) in [6, 6.07) is 0. The zero-order valence-electron chi connectivity index (χ0n) is 11.1. The van der Waals surface area contributed by atoms with Crippen molar-refractivity contribution in [3.05, 3.63) is 0 Å². The molecule has 5 atom stereocenters. The van der Waals surface area contributed by atoms with E-state index in [0.29, 0.717) is 5.41 Å². The molecule has 0 bridgehead atoms. The van der Waals surface area contributed by atoms with E-state index in [4.69, 9.17) is 0 Å². The van der Waals surface area contributed by atoms with Crippen molar-refractivity contribution in [1.82, 2.24) is 0 Å². The Morgan fingerprint density at radius 2 is 1.57 bits per heavy atom. The van der Waals surface area contributed by atoms with E-state index in [1.165, 1.54) is 6.42 Å². The number of rotatable bonds is 2. The summed E-state index contributed by atoms with van der Waals surface area (Å²) >= 11 is 0. The van der Waals surface area contributed by atoms with Crippen molar-refractivity contribution in [3.8, 4) is 0 Å². The molecule has 0 heteroatoms. The third kappa shape index (κ3) is 1.61. The van der Waals surface area contributed by atoms with Crippen LogP contribution in [0, 0.1) is 35.0 Å². The lowest BCUT2D eigenvalue weighted by molar-refractivity contribution is 0.0579. The topological polar surface area (TPSA) is 0 Å². The van der Waals surface area contributed by atoms with Crippen molar-refractivity contribution in [2.24, 2.45) is 35.0 Å². The Morgan fingerprint density at radius 1 is 1.07 bits per heavy atom. The van der Waals surface area contributed by atoms with Gasteiger partial charge in [-0.3, -0.25) is 0 Å². The minimum Gasteiger partial charge on any atom is -0.0625 e. The molecule has 14 heavy (non-hydrogen) atoms. The van der Waals surface area contributed by atoms with Crippen LogP contribution in [0.3, 0.4) is 0 Å². The summed E-state index contributed by atoms with van der Waals surface area (Å²) in [5, 5.41) is 0. The molecule has 0 amide bonds. The van der Waals surface area contributed by atoms with Gasteiger partial charge in [-0.05, 0) is 41.4 Å². The van der Waals surface area contributed by atoms with E-state index >= 15 is 0 Å². The van der Waals surface area contributed by atoms with Crippen LogP contribution >= 0.6 is 0 Å². The van der Waals surface area contributed by atoms with Crippen LogP contribution in [0.2, 0.25) is 0 Å². The molecule has 0 aliphatic heterocycles. The van der Waals surface area contributed by atoms with Gasteiger partial charge >= 0.3 is 0 Å². The lowest BCUT2D eigenvalue weighted by atomic mass is 9.62. The molecule has 84 valence electrons. The summed E-state index contributed by atoms with van der Waals surface area (Å²) in [5.41, 5.74) is 0.563. The van der Waals surface area contributed by atoms with Gasteiger partial charge < -0.3 is 0 Å². The van der Waals surface area contributed by atoms with Crippen LogP contribution < -0.4 is 0 Å². The van der Waals surface area contributed by atoms with Gasteiger partial charge in [0.1, 0.15) is 0 Å². The van der Waals surface area contributed by atoms with Crippen LogP contribution in [0.25, 0.3) is 0 Å². The predicted octanol–water partition coefficient (Wildman–Crippen LogP) is 4.60. The fraction of sp³-hybridized carbons (Fsp3) is 1.00. The third-order valence-corrected chi connectivity index (χ3v) is 5.60. The summed E-state index contributed by atoms with van der Waals surface area (Å²) in [5.74, 6) is 4.35. The first kappa shape index (κ1) is 12.1. The standard InChI is InChI=1S/C14H28/c1-9(2)12(5)14(7)11(4)8-10(3)13(14)6/h9-13H,8H2,1-7H3. The summed E-state index contributed by atoms with van der Waals surface area (Å²) in [4.78, 5) is 0. The van der Waals surface area contributed by atoms with Gasteiger partial charge in [0.25, 0.3) is 0 Å². The number of hydrogen-bond acceptors (Lipinski definition) is 0. The van der Waals surface area contributed by atoms with E-state index in [1.807, 2.05) is 0 Å². The molecular weight excluding hydrogens is 168 g/mol. The molecule has 0 spiro atoms. The Labute approximate surface area is 90.5 Å². The third-order valence-electron chi connectivity index (χ3n) is 5.60. The lowest BCUT2D eigenvalue weighted by Gasteiger charge is -2.42. The van der Waals surface area contributed by atoms with Crippen LogP contribution in [-0.2, 0) is 0 Å². The van der Waals surface area contributed by atoms with Crippen LogP contribution in [0.1, 0.15) is 54.9 Å². The summed E-state index contributed by atoms with van der Waals surface area (Å²) in [6.07, 6.45) is 1.43. The largest absolute Gasteiger partial charge is 0.0625 e. The smallest absolute Gasteiger partial charge is 0.0244 e. The summed E-state index contributed by atoms with van der Waals surface area (Å²) < 4.78 is 0. The second-order valence-electron chi connectivity index (χ2n) is 6.30. The second-order valence-corrected chi connectivity index (χ2v) is 6.30. The van der Waals surface area contributed by atoms with Crippen molar-refractivity contribution in [1.29, 1.82) is 0 Å². The summed E-state index contributed by atoms with van der Waals surface area (Å²) in [7, 11) is 0. The minimum atomic E-state index is 0.563. The van der Waals surface area contributed by atoms with Crippen molar-refractivity contribution >= 4 is 0 Å². The van der Waals surface area contributed by atoms with E-state index in [1.54, 1.807) is 0 Å². The van der Waals surface area contributed by atoms with Crippen molar-refractivity contribution in [2.75, 3.05) is 0 Å². The lowest BCUT2D eigenvalue weighted by Crippen LogP contribution is -2.36. The maximum atomic E-state index is 2.52. The van der Waals surface area contributed by atoms with Crippen LogP contribution in [-0.4, -0.2) is 0 Å². The van der Waals surface area contributed by atoms with Gasteiger partial charge in [-0.15, -0.1) is 0 Å². The molecule has 0 aromatic rings. The normalized spacial score (nSPS) is 45.9. The van der Waals surface area contributed by atoms with Gasteiger partial charge in [0.15, 0.2) is 0 Å². The molecule has 1 fully saturated rings. The van der Waals surface area contributed by atoms with E-state index in [-0.39, 0.29) is 0 Å². The Balaban J connectivity index is 2.91. The molecular formula is C14H28. The Kier molecular flexibility index (Phi) is 3.33. The molecule has 5 unspecified atom stereocenters. The van der Waals surface area contributed by atoms with Crippen LogP contribution in [0.15, 0.2) is 0 Å². The zero-order valence-corrected chi connectivity index (χ0v) is 11.1. The summed E-state index contributed by atoms with van der Waals surface area (Å²) in [6.45, 7) is 17.1. The molecule has 0 heterocycles. The average Bonchev–Trinajstić information content (AvgIpc) is 2.30. The molecule has 0 aromatic carbocycles. The monoisotopic (exact) mass is 196 g/mol. The van der Waals surface area contributed by atoms with Crippen molar-refractivity contribution in [3.63, 3.8) is 0 Å². The van der Waals surface area contributed by atoms with E-state index < -0.39 is 0 Å². The molecule has 1 aliphatic rings. The van der Waals surface area contributed by atoms with E-state index in [9.17, 15) is 0 Å². The molecule has 0 nitrogen and oxygen atoms in total. The van der Waals surface area contributed by atoms with E-state index in [0.717, 1.165) is 29.6 Å². The number of hydrogen-bond donors (Lipinski definition) is 0. The first-order valence-corrected chi connectivity index (χ1v) is 6.31.